The van der Waals surface area contributed by atoms with Crippen molar-refractivity contribution in [1.29, 1.82) is 0 Å². The summed E-state index contributed by atoms with van der Waals surface area (Å²) in [6.45, 7) is 1.61. The van der Waals surface area contributed by atoms with E-state index in [2.05, 4.69) is 57.4 Å². The number of aromatic nitrogens is 3. The van der Waals surface area contributed by atoms with Crippen LogP contribution in [0.3, 0.4) is 0 Å². The normalized spacial score (nSPS) is 11.2. The number of hydrogen-bond donors (Lipinski definition) is 2. The van der Waals surface area contributed by atoms with Crippen LogP contribution in [0.25, 0.3) is 10.9 Å². The molecule has 2 heterocycles. The first kappa shape index (κ1) is 11.0. The summed E-state index contributed by atoms with van der Waals surface area (Å²) >= 11 is 0. The summed E-state index contributed by atoms with van der Waals surface area (Å²) in [5, 5.41) is 4.71. The van der Waals surface area contributed by atoms with E-state index >= 15 is 0 Å². The maximum Gasteiger partial charge on any atom is 0.120 e. The van der Waals surface area contributed by atoms with Gasteiger partial charge in [-0.3, -0.25) is 0 Å². The van der Waals surface area contributed by atoms with Gasteiger partial charge < -0.3 is 14.9 Å². The summed E-state index contributed by atoms with van der Waals surface area (Å²) in [5.74, 6) is 0.968. The summed E-state index contributed by atoms with van der Waals surface area (Å²) in [4.78, 5) is 7.28. The molecule has 2 aromatic heterocycles. The molecular formula is C14H16N4. The summed E-state index contributed by atoms with van der Waals surface area (Å²) in [7, 11) is 2.08. The van der Waals surface area contributed by atoms with Gasteiger partial charge in [0, 0.05) is 43.1 Å². The molecule has 92 valence electrons. The van der Waals surface area contributed by atoms with Gasteiger partial charge in [-0.15, -0.1) is 0 Å². The average molecular weight is 240 g/mol. The molecule has 0 aliphatic carbocycles. The van der Waals surface area contributed by atoms with Crippen molar-refractivity contribution in [3.8, 4) is 0 Å². The second-order valence-corrected chi connectivity index (χ2v) is 4.42. The minimum Gasteiger partial charge on any atom is -0.350 e. The fraction of sp³-hybridized carbons (Fsp3) is 0.214. The number of para-hydroxylation sites is 1. The van der Waals surface area contributed by atoms with Crippen molar-refractivity contribution in [1.82, 2.24) is 19.9 Å². The highest BCUT2D eigenvalue weighted by atomic mass is 15.0. The van der Waals surface area contributed by atoms with E-state index in [1.54, 1.807) is 6.20 Å². The van der Waals surface area contributed by atoms with Gasteiger partial charge in [-0.2, -0.15) is 0 Å². The van der Waals surface area contributed by atoms with Crippen molar-refractivity contribution >= 4 is 10.9 Å². The van der Waals surface area contributed by atoms with E-state index in [4.69, 9.17) is 0 Å². The SMILES string of the molecule is Cn1cc(CNCc2ncc[nH]2)c2ccccc21. The van der Waals surface area contributed by atoms with Gasteiger partial charge in [-0.25, -0.2) is 4.98 Å². The molecule has 0 saturated carbocycles. The maximum atomic E-state index is 4.19. The number of nitrogens with zero attached hydrogens (tertiary/aromatic N) is 2. The van der Waals surface area contributed by atoms with Gasteiger partial charge in [0.15, 0.2) is 0 Å². The molecule has 2 N–H and O–H groups in total. The van der Waals surface area contributed by atoms with Gasteiger partial charge in [0.1, 0.15) is 5.82 Å². The molecule has 0 radical (unpaired) electrons. The van der Waals surface area contributed by atoms with E-state index in [1.807, 2.05) is 6.20 Å². The minimum atomic E-state index is 0.760. The molecule has 0 saturated heterocycles. The third-order valence-electron chi connectivity index (χ3n) is 3.14. The van der Waals surface area contributed by atoms with Crippen LogP contribution in [0.4, 0.5) is 0 Å². The van der Waals surface area contributed by atoms with Crippen LogP contribution in [-0.2, 0) is 20.1 Å². The smallest absolute Gasteiger partial charge is 0.120 e. The lowest BCUT2D eigenvalue weighted by atomic mass is 10.2. The topological polar surface area (TPSA) is 45.6 Å². The number of rotatable bonds is 4. The molecule has 3 aromatic rings. The molecule has 4 nitrogen and oxygen atoms in total. The summed E-state index contributed by atoms with van der Waals surface area (Å²) < 4.78 is 2.17. The standard InChI is InChI=1S/C14H16N4/c1-18-10-11(12-4-2-3-5-13(12)18)8-15-9-14-16-6-7-17-14/h2-7,10,15H,8-9H2,1H3,(H,16,17). The Labute approximate surface area is 106 Å². The van der Waals surface area contributed by atoms with Gasteiger partial charge in [-0.05, 0) is 11.6 Å². The fourth-order valence-corrected chi connectivity index (χ4v) is 2.28. The molecule has 18 heavy (non-hydrogen) atoms. The zero-order valence-electron chi connectivity index (χ0n) is 10.4. The van der Waals surface area contributed by atoms with Gasteiger partial charge in [0.2, 0.25) is 0 Å². The van der Waals surface area contributed by atoms with Crippen molar-refractivity contribution in [2.45, 2.75) is 13.1 Å². The van der Waals surface area contributed by atoms with E-state index in [-0.39, 0.29) is 0 Å². The highest BCUT2D eigenvalue weighted by Gasteiger charge is 2.05. The molecule has 0 amide bonds. The Kier molecular flexibility index (Phi) is 2.86. The fourth-order valence-electron chi connectivity index (χ4n) is 2.28. The molecule has 0 bridgehead atoms. The Hall–Kier alpha value is -2.07. The monoisotopic (exact) mass is 240 g/mol. The number of H-pyrrole nitrogens is 1. The number of nitrogens with one attached hydrogen (secondary N) is 2. The predicted octanol–water partition coefficient (Wildman–Crippen LogP) is 2.19. The average Bonchev–Trinajstić information content (AvgIpc) is 3.00. The quantitative estimate of drug-likeness (QED) is 0.734. The van der Waals surface area contributed by atoms with Crippen LogP contribution >= 0.6 is 0 Å². The largest absolute Gasteiger partial charge is 0.350 e. The van der Waals surface area contributed by atoms with Crippen molar-refractivity contribution in [3.05, 3.63) is 54.2 Å². The predicted molar refractivity (Wildman–Crippen MR) is 72.1 cm³/mol. The number of aryl methyl sites for hydroxylation is 1. The van der Waals surface area contributed by atoms with Crippen LogP contribution in [0.1, 0.15) is 11.4 Å². The Morgan fingerprint density at radius 1 is 1.28 bits per heavy atom. The van der Waals surface area contributed by atoms with E-state index < -0.39 is 0 Å². The van der Waals surface area contributed by atoms with Crippen LogP contribution in [0.15, 0.2) is 42.9 Å². The molecular weight excluding hydrogens is 224 g/mol. The lowest BCUT2D eigenvalue weighted by Crippen LogP contribution is -2.13. The van der Waals surface area contributed by atoms with Crippen LogP contribution in [0.2, 0.25) is 0 Å². The number of hydrogen-bond acceptors (Lipinski definition) is 2. The number of benzene rings is 1. The first-order chi connectivity index (χ1) is 8.84. The number of aromatic amines is 1. The van der Waals surface area contributed by atoms with Gasteiger partial charge >= 0.3 is 0 Å². The first-order valence-electron chi connectivity index (χ1n) is 6.06. The zero-order valence-corrected chi connectivity index (χ0v) is 10.4. The van der Waals surface area contributed by atoms with Gasteiger partial charge in [-0.1, -0.05) is 18.2 Å². The molecule has 0 atom stereocenters. The van der Waals surface area contributed by atoms with Crippen molar-refractivity contribution in [3.63, 3.8) is 0 Å². The summed E-state index contributed by atoms with van der Waals surface area (Å²) in [6, 6.07) is 8.46. The van der Waals surface area contributed by atoms with Crippen LogP contribution in [0, 0.1) is 0 Å². The highest BCUT2D eigenvalue weighted by Crippen LogP contribution is 2.19. The Balaban J connectivity index is 1.75. The van der Waals surface area contributed by atoms with E-state index in [0.29, 0.717) is 0 Å². The molecule has 4 heteroatoms. The molecule has 3 rings (SSSR count). The van der Waals surface area contributed by atoms with Gasteiger partial charge in [0.05, 0.1) is 6.54 Å². The van der Waals surface area contributed by atoms with E-state index in [0.717, 1.165) is 18.9 Å². The summed E-state index contributed by atoms with van der Waals surface area (Å²) in [5.41, 5.74) is 2.59. The number of fused-ring (bicyclic) bond motifs is 1. The molecule has 1 aromatic carbocycles. The van der Waals surface area contributed by atoms with Crippen molar-refractivity contribution in [2.24, 2.45) is 7.05 Å². The first-order valence-corrected chi connectivity index (χ1v) is 6.06. The maximum absolute atomic E-state index is 4.19. The van der Waals surface area contributed by atoms with Gasteiger partial charge in [0.25, 0.3) is 0 Å². The van der Waals surface area contributed by atoms with E-state index in [9.17, 15) is 0 Å². The third-order valence-corrected chi connectivity index (χ3v) is 3.14. The molecule has 0 unspecified atom stereocenters. The highest BCUT2D eigenvalue weighted by molar-refractivity contribution is 5.83. The van der Waals surface area contributed by atoms with Crippen LogP contribution in [-0.4, -0.2) is 14.5 Å². The Morgan fingerprint density at radius 3 is 3.00 bits per heavy atom. The lowest BCUT2D eigenvalue weighted by molar-refractivity contribution is 0.670. The Bertz CT molecular complexity index is 637. The molecule has 0 aliphatic rings. The number of imidazole rings is 1. The summed E-state index contributed by atoms with van der Waals surface area (Å²) in [6.07, 6.45) is 5.80. The molecule has 0 spiro atoms. The minimum absolute atomic E-state index is 0.760. The molecule has 0 fully saturated rings. The van der Waals surface area contributed by atoms with Crippen LogP contribution < -0.4 is 5.32 Å². The second kappa shape index (κ2) is 4.66. The van der Waals surface area contributed by atoms with E-state index in [1.165, 1.54) is 16.5 Å². The lowest BCUT2D eigenvalue weighted by Gasteiger charge is -2.01. The zero-order chi connectivity index (χ0) is 12.4. The van der Waals surface area contributed by atoms with Crippen LogP contribution in [0.5, 0.6) is 0 Å². The van der Waals surface area contributed by atoms with Crippen molar-refractivity contribution < 1.29 is 0 Å². The Morgan fingerprint density at radius 2 is 2.17 bits per heavy atom. The second-order valence-electron chi connectivity index (χ2n) is 4.42. The van der Waals surface area contributed by atoms with Crippen molar-refractivity contribution in [2.75, 3.05) is 0 Å². The molecule has 0 aliphatic heterocycles. The third kappa shape index (κ3) is 2.02.